The maximum absolute atomic E-state index is 12.1. The van der Waals surface area contributed by atoms with E-state index in [0.717, 1.165) is 43.1 Å². The van der Waals surface area contributed by atoms with E-state index in [1.54, 1.807) is 10.9 Å². The minimum atomic E-state index is 0.0644. The van der Waals surface area contributed by atoms with Crippen LogP contribution in [0.25, 0.3) is 10.2 Å². The van der Waals surface area contributed by atoms with Gasteiger partial charge in [-0.1, -0.05) is 0 Å². The third-order valence-corrected chi connectivity index (χ3v) is 4.03. The summed E-state index contributed by atoms with van der Waals surface area (Å²) in [6, 6.07) is 1.85. The fraction of sp³-hybridized carbons (Fsp3) is 0.500. The average molecular weight is 265 g/mol. The molecule has 0 radical (unpaired) electrons. The average Bonchev–Trinajstić information content (AvgIpc) is 2.88. The van der Waals surface area contributed by atoms with Gasteiger partial charge in [-0.15, -0.1) is 11.3 Å². The summed E-state index contributed by atoms with van der Waals surface area (Å²) in [6.45, 7) is 5.04. The highest BCUT2D eigenvalue weighted by molar-refractivity contribution is 7.16. The van der Waals surface area contributed by atoms with E-state index in [4.69, 9.17) is 4.74 Å². The van der Waals surface area contributed by atoms with E-state index in [9.17, 15) is 4.79 Å². The van der Waals surface area contributed by atoms with Crippen LogP contribution in [0.4, 0.5) is 0 Å². The molecule has 1 saturated heterocycles. The van der Waals surface area contributed by atoms with Crippen LogP contribution in [-0.2, 0) is 11.3 Å². The topological polar surface area (TPSA) is 47.4 Å². The van der Waals surface area contributed by atoms with Crippen LogP contribution in [0.2, 0.25) is 0 Å². The van der Waals surface area contributed by atoms with Crippen LogP contribution in [-0.4, -0.2) is 47.3 Å². The Balaban J connectivity index is 1.74. The van der Waals surface area contributed by atoms with E-state index in [2.05, 4.69) is 9.88 Å². The van der Waals surface area contributed by atoms with Gasteiger partial charge in [-0.25, -0.2) is 4.98 Å². The van der Waals surface area contributed by atoms with Gasteiger partial charge >= 0.3 is 0 Å². The van der Waals surface area contributed by atoms with Gasteiger partial charge in [0.25, 0.3) is 5.56 Å². The molecular weight excluding hydrogens is 250 g/mol. The number of hydrogen-bond acceptors (Lipinski definition) is 5. The summed E-state index contributed by atoms with van der Waals surface area (Å²) in [5, 5.41) is 2.63. The largest absolute Gasteiger partial charge is 0.379 e. The first kappa shape index (κ1) is 11.8. The van der Waals surface area contributed by atoms with Crippen molar-refractivity contribution in [3.63, 3.8) is 0 Å². The molecule has 3 rings (SSSR count). The molecule has 5 nitrogen and oxygen atoms in total. The molecule has 2 aromatic rings. The fourth-order valence-electron chi connectivity index (χ4n) is 2.13. The van der Waals surface area contributed by atoms with Crippen molar-refractivity contribution in [2.45, 2.75) is 6.54 Å². The zero-order chi connectivity index (χ0) is 12.4. The van der Waals surface area contributed by atoms with Gasteiger partial charge in [0.05, 0.1) is 24.9 Å². The van der Waals surface area contributed by atoms with Gasteiger partial charge in [-0.05, 0) is 11.4 Å². The summed E-state index contributed by atoms with van der Waals surface area (Å²) >= 11 is 1.50. The van der Waals surface area contributed by atoms with Crippen molar-refractivity contribution in [1.82, 2.24) is 14.5 Å². The van der Waals surface area contributed by atoms with Gasteiger partial charge in [0.2, 0.25) is 0 Å². The number of thiophene rings is 1. The second-order valence-electron chi connectivity index (χ2n) is 4.34. The highest BCUT2D eigenvalue weighted by Crippen LogP contribution is 2.13. The molecule has 1 aliphatic rings. The predicted molar refractivity (Wildman–Crippen MR) is 71.1 cm³/mol. The zero-order valence-corrected chi connectivity index (χ0v) is 10.9. The standard InChI is InChI=1S/C12H15N3O2S/c16-12-10-1-8-18-11(10)13-9-15(12)3-2-14-4-6-17-7-5-14/h1,8-9H,2-7H2. The molecule has 1 aliphatic heterocycles. The first-order valence-electron chi connectivity index (χ1n) is 6.07. The molecule has 0 unspecified atom stereocenters. The molecule has 0 aromatic carbocycles. The first-order chi connectivity index (χ1) is 8.84. The molecule has 0 aliphatic carbocycles. The van der Waals surface area contributed by atoms with Crippen molar-refractivity contribution in [3.8, 4) is 0 Å². The summed E-state index contributed by atoms with van der Waals surface area (Å²) in [7, 11) is 0. The normalized spacial score (nSPS) is 17.3. The first-order valence-corrected chi connectivity index (χ1v) is 6.95. The smallest absolute Gasteiger partial charge is 0.262 e. The van der Waals surface area contributed by atoms with Crippen LogP contribution in [0.1, 0.15) is 0 Å². The summed E-state index contributed by atoms with van der Waals surface area (Å²) in [5.74, 6) is 0. The van der Waals surface area contributed by atoms with Crippen LogP contribution in [0, 0.1) is 0 Å². The lowest BCUT2D eigenvalue weighted by Crippen LogP contribution is -2.39. The van der Waals surface area contributed by atoms with Gasteiger partial charge in [-0.3, -0.25) is 14.3 Å². The van der Waals surface area contributed by atoms with Crippen LogP contribution in [0.15, 0.2) is 22.6 Å². The number of aromatic nitrogens is 2. The highest BCUT2D eigenvalue weighted by Gasteiger charge is 2.11. The number of morpholine rings is 1. The Labute approximate surface area is 109 Å². The fourth-order valence-corrected chi connectivity index (χ4v) is 2.85. The van der Waals surface area contributed by atoms with E-state index >= 15 is 0 Å². The van der Waals surface area contributed by atoms with E-state index in [1.165, 1.54) is 11.3 Å². The summed E-state index contributed by atoms with van der Waals surface area (Å²) in [4.78, 5) is 19.6. The lowest BCUT2D eigenvalue weighted by Gasteiger charge is -2.26. The minimum absolute atomic E-state index is 0.0644. The van der Waals surface area contributed by atoms with Crippen LogP contribution >= 0.6 is 11.3 Å². The van der Waals surface area contributed by atoms with Crippen molar-refractivity contribution < 1.29 is 4.74 Å². The molecule has 0 bridgehead atoms. The van der Waals surface area contributed by atoms with E-state index in [-0.39, 0.29) is 5.56 Å². The maximum atomic E-state index is 12.1. The molecule has 0 spiro atoms. The van der Waals surface area contributed by atoms with E-state index < -0.39 is 0 Å². The van der Waals surface area contributed by atoms with Crippen LogP contribution in [0.5, 0.6) is 0 Å². The Bertz CT molecular complexity index is 586. The van der Waals surface area contributed by atoms with Crippen LogP contribution < -0.4 is 5.56 Å². The molecule has 18 heavy (non-hydrogen) atoms. The Morgan fingerprint density at radius 3 is 3.00 bits per heavy atom. The van der Waals surface area contributed by atoms with E-state index in [1.807, 2.05) is 11.4 Å². The third-order valence-electron chi connectivity index (χ3n) is 3.21. The Morgan fingerprint density at radius 2 is 2.17 bits per heavy atom. The van der Waals surface area contributed by atoms with Gasteiger partial charge in [-0.2, -0.15) is 0 Å². The lowest BCUT2D eigenvalue weighted by molar-refractivity contribution is 0.0362. The number of nitrogens with zero attached hydrogens (tertiary/aromatic N) is 3. The number of rotatable bonds is 3. The van der Waals surface area contributed by atoms with Crippen LogP contribution in [0.3, 0.4) is 0 Å². The SMILES string of the molecule is O=c1c2ccsc2ncn1CCN1CCOCC1. The van der Waals surface area contributed by atoms with Crippen molar-refractivity contribution in [2.24, 2.45) is 0 Å². The molecule has 6 heteroatoms. The molecule has 0 amide bonds. The molecule has 3 heterocycles. The van der Waals surface area contributed by atoms with Gasteiger partial charge in [0.15, 0.2) is 0 Å². The molecule has 1 fully saturated rings. The highest BCUT2D eigenvalue weighted by atomic mass is 32.1. The van der Waals surface area contributed by atoms with Crippen molar-refractivity contribution >= 4 is 21.6 Å². The number of ether oxygens (including phenoxy) is 1. The van der Waals surface area contributed by atoms with Crippen molar-refractivity contribution in [3.05, 3.63) is 28.1 Å². The van der Waals surface area contributed by atoms with Gasteiger partial charge in [0.1, 0.15) is 4.83 Å². The summed E-state index contributed by atoms with van der Waals surface area (Å²) in [5.41, 5.74) is 0.0644. The molecule has 0 saturated carbocycles. The monoisotopic (exact) mass is 265 g/mol. The molecular formula is C12H15N3O2S. The minimum Gasteiger partial charge on any atom is -0.379 e. The Kier molecular flexibility index (Phi) is 3.40. The van der Waals surface area contributed by atoms with E-state index in [0.29, 0.717) is 6.54 Å². The lowest BCUT2D eigenvalue weighted by atomic mass is 10.4. The molecule has 2 aromatic heterocycles. The number of fused-ring (bicyclic) bond motifs is 1. The van der Waals surface area contributed by atoms with Gasteiger partial charge < -0.3 is 4.74 Å². The molecule has 96 valence electrons. The zero-order valence-electron chi connectivity index (χ0n) is 10.0. The Hall–Kier alpha value is -1.24. The van der Waals surface area contributed by atoms with Gasteiger partial charge in [0, 0.05) is 26.2 Å². The second kappa shape index (κ2) is 5.17. The molecule has 0 atom stereocenters. The van der Waals surface area contributed by atoms with Crippen molar-refractivity contribution in [2.75, 3.05) is 32.8 Å². The summed E-state index contributed by atoms with van der Waals surface area (Å²) in [6.07, 6.45) is 1.65. The predicted octanol–water partition coefficient (Wildman–Crippen LogP) is 0.790. The third kappa shape index (κ3) is 2.31. The van der Waals surface area contributed by atoms with Crippen molar-refractivity contribution in [1.29, 1.82) is 0 Å². The second-order valence-corrected chi connectivity index (χ2v) is 5.23. The Morgan fingerprint density at radius 1 is 1.33 bits per heavy atom. The summed E-state index contributed by atoms with van der Waals surface area (Å²) < 4.78 is 7.00. The number of hydrogen-bond donors (Lipinski definition) is 0. The quantitative estimate of drug-likeness (QED) is 0.823. The maximum Gasteiger partial charge on any atom is 0.262 e. The molecule has 0 N–H and O–H groups in total.